The zero-order valence-electron chi connectivity index (χ0n) is 16.3. The lowest BCUT2D eigenvalue weighted by Gasteiger charge is -2.39. The van der Waals surface area contributed by atoms with Gasteiger partial charge in [-0.3, -0.25) is 9.69 Å². The van der Waals surface area contributed by atoms with Gasteiger partial charge in [0.1, 0.15) is 18.3 Å². The summed E-state index contributed by atoms with van der Waals surface area (Å²) in [5.41, 5.74) is 3.10. The number of pyridine rings is 1. The van der Waals surface area contributed by atoms with Gasteiger partial charge in [-0.05, 0) is 49.2 Å². The van der Waals surface area contributed by atoms with Crippen molar-refractivity contribution in [1.82, 2.24) is 0 Å². The molecule has 0 bridgehead atoms. The number of anilines is 3. The van der Waals surface area contributed by atoms with Gasteiger partial charge in [-0.2, -0.15) is 4.73 Å². The lowest BCUT2D eigenvalue weighted by Crippen LogP contribution is -2.46. The highest BCUT2D eigenvalue weighted by molar-refractivity contribution is 6.31. The molecule has 0 saturated heterocycles. The number of benzene rings is 2. The molecular formula is C22H18ClF2N3O2. The molecule has 1 aliphatic rings. The van der Waals surface area contributed by atoms with Crippen LogP contribution in [0.15, 0.2) is 48.8 Å². The number of amides is 1. The van der Waals surface area contributed by atoms with E-state index in [0.29, 0.717) is 39.3 Å². The van der Waals surface area contributed by atoms with E-state index in [1.54, 1.807) is 24.0 Å². The number of rotatable bonds is 3. The van der Waals surface area contributed by atoms with E-state index in [0.717, 1.165) is 0 Å². The van der Waals surface area contributed by atoms with Crippen molar-refractivity contribution in [3.63, 3.8) is 0 Å². The van der Waals surface area contributed by atoms with Crippen LogP contribution < -0.4 is 14.5 Å². The number of fused-ring (bicyclic) bond motifs is 1. The summed E-state index contributed by atoms with van der Waals surface area (Å²) in [5.74, 6) is -1.39. The van der Waals surface area contributed by atoms with Crippen molar-refractivity contribution in [3.8, 4) is 0 Å². The summed E-state index contributed by atoms with van der Waals surface area (Å²) in [6, 6.07) is 8.45. The predicted octanol–water partition coefficient (Wildman–Crippen LogP) is 4.88. The first kappa shape index (κ1) is 20.1. The van der Waals surface area contributed by atoms with Gasteiger partial charge in [-0.25, -0.2) is 8.78 Å². The fourth-order valence-electron chi connectivity index (χ4n) is 3.73. The maximum absolute atomic E-state index is 14.3. The van der Waals surface area contributed by atoms with E-state index in [1.807, 2.05) is 6.92 Å². The molecule has 154 valence electrons. The number of carbonyl (C=O) groups is 1. The minimum atomic E-state index is -0.648. The van der Waals surface area contributed by atoms with E-state index >= 15 is 0 Å². The summed E-state index contributed by atoms with van der Waals surface area (Å²) in [7, 11) is 0. The van der Waals surface area contributed by atoms with Crippen molar-refractivity contribution in [2.75, 3.05) is 16.5 Å². The quantitative estimate of drug-likeness (QED) is 0.440. The van der Waals surface area contributed by atoms with Crippen molar-refractivity contribution < 1.29 is 18.3 Å². The Morgan fingerprint density at radius 1 is 1.10 bits per heavy atom. The number of halogens is 3. The second kappa shape index (κ2) is 7.57. The van der Waals surface area contributed by atoms with E-state index in [2.05, 4.69) is 0 Å². The van der Waals surface area contributed by atoms with Crippen LogP contribution in [0.2, 0.25) is 5.02 Å². The maximum atomic E-state index is 14.3. The van der Waals surface area contributed by atoms with Crippen molar-refractivity contribution in [2.45, 2.75) is 20.3 Å². The predicted molar refractivity (Wildman–Crippen MR) is 111 cm³/mol. The third-order valence-electron chi connectivity index (χ3n) is 5.20. The smallest absolute Gasteiger partial charge is 0.261 e. The van der Waals surface area contributed by atoms with E-state index in [9.17, 15) is 18.8 Å². The molecule has 30 heavy (non-hydrogen) atoms. The zero-order valence-corrected chi connectivity index (χ0v) is 17.1. The molecule has 0 aliphatic carbocycles. The van der Waals surface area contributed by atoms with Crippen LogP contribution in [0.4, 0.5) is 25.8 Å². The molecule has 3 aromatic rings. The number of carbonyl (C=O) groups excluding carboxylic acids is 1. The lowest BCUT2D eigenvalue weighted by atomic mass is 10.0. The van der Waals surface area contributed by atoms with Crippen molar-refractivity contribution in [3.05, 3.63) is 87.3 Å². The minimum absolute atomic E-state index is 0.0647. The zero-order chi connectivity index (χ0) is 21.6. The fraction of sp³-hybridized carbons (Fsp3) is 0.182. The molecule has 1 aliphatic heterocycles. The Hall–Kier alpha value is -3.19. The molecule has 8 heteroatoms. The standard InChI is InChI=1S/C22H18ClF2N3O2/c1-3-14-8-15(24)4-5-20(14)27-12-28(19-6-7-26(30)11-13(19)2)22(29)16-9-17(23)18(25)10-21(16)27/h4-11H,3,12H2,1-2H3. The van der Waals surface area contributed by atoms with Gasteiger partial charge in [0.2, 0.25) is 0 Å². The van der Waals surface area contributed by atoms with Gasteiger partial charge in [0.15, 0.2) is 12.4 Å². The minimum Gasteiger partial charge on any atom is -0.619 e. The Kier molecular flexibility index (Phi) is 5.07. The van der Waals surface area contributed by atoms with Gasteiger partial charge in [-0.15, -0.1) is 0 Å². The highest BCUT2D eigenvalue weighted by Crippen LogP contribution is 2.39. The van der Waals surface area contributed by atoms with Gasteiger partial charge in [0, 0.05) is 17.3 Å². The monoisotopic (exact) mass is 429 g/mol. The normalized spacial score (nSPS) is 13.6. The molecular weight excluding hydrogens is 412 g/mol. The first-order chi connectivity index (χ1) is 14.3. The maximum Gasteiger partial charge on any atom is 0.261 e. The van der Waals surface area contributed by atoms with Gasteiger partial charge < -0.3 is 10.1 Å². The summed E-state index contributed by atoms with van der Waals surface area (Å²) >= 11 is 5.97. The van der Waals surface area contributed by atoms with Crippen LogP contribution in [-0.2, 0) is 6.42 Å². The van der Waals surface area contributed by atoms with Gasteiger partial charge >= 0.3 is 0 Å². The third kappa shape index (κ3) is 3.35. The van der Waals surface area contributed by atoms with E-state index in [1.165, 1.54) is 41.6 Å². The summed E-state index contributed by atoms with van der Waals surface area (Å²) in [4.78, 5) is 16.5. The van der Waals surface area contributed by atoms with Crippen molar-refractivity contribution in [1.29, 1.82) is 0 Å². The first-order valence-corrected chi connectivity index (χ1v) is 9.74. The summed E-state index contributed by atoms with van der Waals surface area (Å²) in [5, 5.41) is 11.4. The Bertz CT molecular complexity index is 1170. The molecule has 2 aromatic carbocycles. The number of hydrogen-bond acceptors (Lipinski definition) is 3. The van der Waals surface area contributed by atoms with Crippen LogP contribution in [0.25, 0.3) is 0 Å². The molecule has 0 saturated carbocycles. The molecule has 0 unspecified atom stereocenters. The molecule has 1 amide bonds. The fourth-order valence-corrected chi connectivity index (χ4v) is 3.89. The molecule has 4 rings (SSSR count). The molecule has 0 atom stereocenters. The van der Waals surface area contributed by atoms with E-state index < -0.39 is 5.82 Å². The topological polar surface area (TPSA) is 50.5 Å². The molecule has 0 spiro atoms. The average Bonchev–Trinajstić information content (AvgIpc) is 2.71. The number of aryl methyl sites for hydroxylation is 2. The van der Waals surface area contributed by atoms with Crippen LogP contribution in [0.3, 0.4) is 0 Å². The molecule has 0 fully saturated rings. The van der Waals surface area contributed by atoms with Crippen LogP contribution in [-0.4, -0.2) is 12.6 Å². The second-order valence-electron chi connectivity index (χ2n) is 7.09. The van der Waals surface area contributed by atoms with Gasteiger partial charge in [-0.1, -0.05) is 18.5 Å². The van der Waals surface area contributed by atoms with Crippen molar-refractivity contribution in [2.24, 2.45) is 0 Å². The third-order valence-corrected chi connectivity index (χ3v) is 5.49. The molecule has 2 heterocycles. The van der Waals surface area contributed by atoms with E-state index in [-0.39, 0.29) is 29.0 Å². The number of aromatic nitrogens is 1. The van der Waals surface area contributed by atoms with Gasteiger partial charge in [0.05, 0.1) is 22.0 Å². The van der Waals surface area contributed by atoms with Gasteiger partial charge in [0.25, 0.3) is 5.91 Å². The summed E-state index contributed by atoms with van der Waals surface area (Å²) < 4.78 is 28.8. The Morgan fingerprint density at radius 3 is 2.57 bits per heavy atom. The van der Waals surface area contributed by atoms with Crippen molar-refractivity contribution >= 4 is 34.6 Å². The molecule has 1 aromatic heterocycles. The summed E-state index contributed by atoms with van der Waals surface area (Å²) in [6.07, 6.45) is 3.22. The first-order valence-electron chi connectivity index (χ1n) is 9.36. The van der Waals surface area contributed by atoms with Crippen LogP contribution in [0.5, 0.6) is 0 Å². The van der Waals surface area contributed by atoms with Crippen LogP contribution in [0, 0.1) is 23.8 Å². The molecule has 0 radical (unpaired) electrons. The second-order valence-corrected chi connectivity index (χ2v) is 7.49. The Balaban J connectivity index is 1.93. The number of nitrogens with zero attached hydrogens (tertiary/aromatic N) is 3. The van der Waals surface area contributed by atoms with E-state index in [4.69, 9.17) is 11.6 Å². The highest BCUT2D eigenvalue weighted by Gasteiger charge is 2.34. The SMILES string of the molecule is CCc1cc(F)ccc1N1CN(c2cc[n+]([O-])cc2C)C(=O)c2cc(Cl)c(F)cc21. The van der Waals surface area contributed by atoms with Crippen LogP contribution >= 0.6 is 11.6 Å². The Morgan fingerprint density at radius 2 is 1.87 bits per heavy atom. The summed E-state index contributed by atoms with van der Waals surface area (Å²) in [6.45, 7) is 3.68. The Labute approximate surface area is 177 Å². The number of hydrogen-bond donors (Lipinski definition) is 0. The largest absolute Gasteiger partial charge is 0.619 e. The van der Waals surface area contributed by atoms with Crippen LogP contribution in [0.1, 0.15) is 28.4 Å². The highest BCUT2D eigenvalue weighted by atomic mass is 35.5. The lowest BCUT2D eigenvalue weighted by molar-refractivity contribution is -0.605. The molecule has 5 nitrogen and oxygen atoms in total. The average molecular weight is 430 g/mol. The molecule has 0 N–H and O–H groups in total.